The van der Waals surface area contributed by atoms with E-state index in [0.29, 0.717) is 6.61 Å². The number of aromatic nitrogens is 1. The molecule has 0 amide bonds. The summed E-state index contributed by atoms with van der Waals surface area (Å²) in [6.45, 7) is 6.52. The number of hydrogen-bond donors (Lipinski definition) is 1. The largest absolute Gasteiger partial charge is 0.379 e. The zero-order valence-corrected chi connectivity index (χ0v) is 13.3. The molecule has 1 unspecified atom stereocenters. The first kappa shape index (κ1) is 15.1. The predicted octanol–water partition coefficient (Wildman–Crippen LogP) is 3.68. The van der Waals surface area contributed by atoms with Crippen molar-refractivity contribution in [1.82, 2.24) is 10.3 Å². The van der Waals surface area contributed by atoms with Crippen molar-refractivity contribution in [2.45, 2.75) is 26.3 Å². The average Bonchev–Trinajstić information content (AvgIpc) is 2.28. The van der Waals surface area contributed by atoms with E-state index in [4.69, 9.17) is 4.74 Å². The highest BCUT2D eigenvalue weighted by atomic mass is 79.9. The van der Waals surface area contributed by atoms with Crippen LogP contribution in [0.2, 0.25) is 0 Å². The van der Waals surface area contributed by atoms with Gasteiger partial charge in [-0.05, 0) is 50.9 Å². The lowest BCUT2D eigenvalue weighted by Gasteiger charge is -2.18. The van der Waals surface area contributed by atoms with Gasteiger partial charge in [0.2, 0.25) is 0 Å². The maximum Gasteiger partial charge on any atom is 0.0744 e. The Morgan fingerprint density at radius 1 is 1.41 bits per heavy atom. The zero-order chi connectivity index (χ0) is 12.7. The summed E-state index contributed by atoms with van der Waals surface area (Å²) in [5, 5.41) is 3.39. The van der Waals surface area contributed by atoms with Crippen molar-refractivity contribution in [3.8, 4) is 0 Å². The van der Waals surface area contributed by atoms with Crippen LogP contribution in [-0.2, 0) is 4.74 Å². The Balaban J connectivity index is 2.74. The Labute approximate surface area is 120 Å². The van der Waals surface area contributed by atoms with E-state index >= 15 is 0 Å². The maximum absolute atomic E-state index is 5.60. The molecule has 0 fully saturated rings. The van der Waals surface area contributed by atoms with Crippen LogP contribution in [0.25, 0.3) is 0 Å². The third kappa shape index (κ3) is 5.04. The number of hydrogen-bond acceptors (Lipinski definition) is 3. The third-order valence-electron chi connectivity index (χ3n) is 2.25. The number of ether oxygens (including phenoxy) is 1. The Morgan fingerprint density at radius 2 is 2.18 bits per heavy atom. The Bertz CT molecular complexity index is 347. The van der Waals surface area contributed by atoms with Gasteiger partial charge >= 0.3 is 0 Å². The van der Waals surface area contributed by atoms with Crippen molar-refractivity contribution < 1.29 is 4.74 Å². The molecule has 1 atom stereocenters. The molecule has 96 valence electrons. The maximum atomic E-state index is 5.60. The summed E-state index contributed by atoms with van der Waals surface area (Å²) in [5.41, 5.74) is 0.992. The molecule has 5 heteroatoms. The molecule has 1 heterocycles. The molecular weight excluding hydrogens is 348 g/mol. The molecule has 17 heavy (non-hydrogen) atoms. The fourth-order valence-electron chi connectivity index (χ4n) is 1.51. The summed E-state index contributed by atoms with van der Waals surface area (Å²) in [5.74, 6) is 0. The summed E-state index contributed by atoms with van der Waals surface area (Å²) in [4.78, 5) is 4.44. The Morgan fingerprint density at radius 3 is 2.76 bits per heavy atom. The summed E-state index contributed by atoms with van der Waals surface area (Å²) < 4.78 is 7.57. The molecule has 1 aromatic heterocycles. The van der Waals surface area contributed by atoms with Crippen molar-refractivity contribution in [3.05, 3.63) is 26.9 Å². The van der Waals surface area contributed by atoms with Crippen LogP contribution in [0.1, 0.15) is 32.0 Å². The minimum absolute atomic E-state index is 0.133. The first-order valence-corrected chi connectivity index (χ1v) is 7.39. The van der Waals surface area contributed by atoms with Gasteiger partial charge in [0.1, 0.15) is 0 Å². The minimum atomic E-state index is 0.133. The van der Waals surface area contributed by atoms with Crippen LogP contribution in [0.5, 0.6) is 0 Å². The standard InChI is InChI=1S/C12H18Br2N2O/c1-3-5-17-8-11(15-4-2)12-10(14)6-9(13)7-16-12/h6-7,11,15H,3-5,8H2,1-2H3. The lowest BCUT2D eigenvalue weighted by molar-refractivity contribution is 0.111. The average molecular weight is 366 g/mol. The van der Waals surface area contributed by atoms with Crippen LogP contribution in [0, 0.1) is 0 Å². The van der Waals surface area contributed by atoms with E-state index in [2.05, 4.69) is 56.0 Å². The normalized spacial score (nSPS) is 12.7. The van der Waals surface area contributed by atoms with Crippen LogP contribution in [0.4, 0.5) is 0 Å². The summed E-state index contributed by atoms with van der Waals surface area (Å²) in [6.07, 6.45) is 2.85. The molecule has 0 saturated heterocycles. The lowest BCUT2D eigenvalue weighted by atomic mass is 10.2. The molecule has 0 bridgehead atoms. The van der Waals surface area contributed by atoms with Crippen molar-refractivity contribution >= 4 is 31.9 Å². The highest BCUT2D eigenvalue weighted by Crippen LogP contribution is 2.24. The number of nitrogens with zero attached hydrogens (tertiary/aromatic N) is 1. The highest BCUT2D eigenvalue weighted by molar-refractivity contribution is 9.11. The predicted molar refractivity (Wildman–Crippen MR) is 77.2 cm³/mol. The van der Waals surface area contributed by atoms with Crippen LogP contribution in [0.3, 0.4) is 0 Å². The van der Waals surface area contributed by atoms with Gasteiger partial charge in [0, 0.05) is 21.7 Å². The van der Waals surface area contributed by atoms with Gasteiger partial charge in [-0.1, -0.05) is 13.8 Å². The van der Waals surface area contributed by atoms with Crippen LogP contribution in [-0.4, -0.2) is 24.7 Å². The zero-order valence-electron chi connectivity index (χ0n) is 10.2. The summed E-state index contributed by atoms with van der Waals surface area (Å²) in [7, 11) is 0. The van der Waals surface area contributed by atoms with Gasteiger partial charge in [-0.25, -0.2) is 0 Å². The van der Waals surface area contributed by atoms with Gasteiger partial charge in [-0.3, -0.25) is 4.98 Å². The second-order valence-corrected chi connectivity index (χ2v) is 5.48. The second-order valence-electron chi connectivity index (χ2n) is 3.71. The number of nitrogens with one attached hydrogen (secondary N) is 1. The van der Waals surface area contributed by atoms with Crippen LogP contribution in [0.15, 0.2) is 21.2 Å². The van der Waals surface area contributed by atoms with E-state index in [1.165, 1.54) is 0 Å². The topological polar surface area (TPSA) is 34.1 Å². The van der Waals surface area contributed by atoms with Gasteiger partial charge in [-0.15, -0.1) is 0 Å². The first-order chi connectivity index (χ1) is 8.19. The molecule has 0 radical (unpaired) electrons. The van der Waals surface area contributed by atoms with E-state index in [9.17, 15) is 0 Å². The first-order valence-electron chi connectivity index (χ1n) is 5.81. The van der Waals surface area contributed by atoms with E-state index in [1.807, 2.05) is 12.3 Å². The van der Waals surface area contributed by atoms with E-state index in [-0.39, 0.29) is 6.04 Å². The molecule has 0 aliphatic rings. The van der Waals surface area contributed by atoms with Crippen molar-refractivity contribution in [3.63, 3.8) is 0 Å². The van der Waals surface area contributed by atoms with Crippen LogP contribution < -0.4 is 5.32 Å². The molecule has 1 N–H and O–H groups in total. The Kier molecular flexibility index (Phi) is 7.27. The van der Waals surface area contributed by atoms with Gasteiger partial charge in [0.05, 0.1) is 18.3 Å². The van der Waals surface area contributed by atoms with E-state index < -0.39 is 0 Å². The van der Waals surface area contributed by atoms with E-state index in [0.717, 1.165) is 34.2 Å². The third-order valence-corrected chi connectivity index (χ3v) is 3.32. The fraction of sp³-hybridized carbons (Fsp3) is 0.583. The molecular formula is C12H18Br2N2O. The van der Waals surface area contributed by atoms with Crippen LogP contribution >= 0.6 is 31.9 Å². The molecule has 0 saturated carbocycles. The minimum Gasteiger partial charge on any atom is -0.379 e. The van der Waals surface area contributed by atoms with Gasteiger partial charge < -0.3 is 10.1 Å². The summed E-state index contributed by atoms with van der Waals surface area (Å²) in [6, 6.07) is 2.14. The number of rotatable bonds is 7. The smallest absolute Gasteiger partial charge is 0.0744 e. The van der Waals surface area contributed by atoms with Gasteiger partial charge in [-0.2, -0.15) is 0 Å². The molecule has 3 nitrogen and oxygen atoms in total. The lowest BCUT2D eigenvalue weighted by Crippen LogP contribution is -2.26. The number of halogens is 2. The molecule has 1 rings (SSSR count). The molecule has 0 aromatic carbocycles. The molecule has 1 aromatic rings. The second kappa shape index (κ2) is 8.19. The van der Waals surface area contributed by atoms with Crippen molar-refractivity contribution in [1.29, 1.82) is 0 Å². The number of likely N-dealkylation sites (N-methyl/N-ethyl adjacent to an activating group) is 1. The quantitative estimate of drug-likeness (QED) is 0.748. The molecule has 0 aliphatic heterocycles. The monoisotopic (exact) mass is 364 g/mol. The number of pyridine rings is 1. The van der Waals surface area contributed by atoms with E-state index in [1.54, 1.807) is 0 Å². The van der Waals surface area contributed by atoms with Gasteiger partial charge in [0.25, 0.3) is 0 Å². The molecule has 0 spiro atoms. The SMILES string of the molecule is CCCOCC(NCC)c1ncc(Br)cc1Br. The fourth-order valence-corrected chi connectivity index (χ4v) is 2.77. The van der Waals surface area contributed by atoms with Crippen molar-refractivity contribution in [2.75, 3.05) is 19.8 Å². The summed E-state index contributed by atoms with van der Waals surface area (Å²) >= 11 is 6.94. The van der Waals surface area contributed by atoms with Gasteiger partial charge in [0.15, 0.2) is 0 Å². The Hall–Kier alpha value is 0.0300. The highest BCUT2D eigenvalue weighted by Gasteiger charge is 2.15. The molecule has 0 aliphatic carbocycles. The van der Waals surface area contributed by atoms with Crippen molar-refractivity contribution in [2.24, 2.45) is 0 Å².